The average molecular weight is 226 g/mol. The van der Waals surface area contributed by atoms with Crippen molar-refractivity contribution in [3.8, 4) is 0 Å². The molecule has 94 valence electrons. The molecule has 0 atom stereocenters. The maximum Gasteiger partial charge on any atom is 0.132 e. The lowest BCUT2D eigenvalue weighted by Crippen LogP contribution is -2.00. The molecule has 0 aromatic rings. The van der Waals surface area contributed by atoms with Crippen molar-refractivity contribution in [1.82, 2.24) is 0 Å². The first-order chi connectivity index (χ1) is 7.70. The number of carbonyl (C=O) groups is 2. The first-order valence-corrected chi connectivity index (χ1v) is 6.74. The molecule has 0 spiro atoms. The Bertz CT molecular complexity index is 197. The second-order valence-corrected chi connectivity index (χ2v) is 4.49. The summed E-state index contributed by atoms with van der Waals surface area (Å²) in [5, 5.41) is 0. The second kappa shape index (κ2) is 10.8. The molecule has 0 fully saturated rings. The molecule has 2 nitrogen and oxygen atoms in total. The molecule has 0 saturated carbocycles. The summed E-state index contributed by atoms with van der Waals surface area (Å²) >= 11 is 0. The predicted molar refractivity (Wildman–Crippen MR) is 67.5 cm³/mol. The van der Waals surface area contributed by atoms with E-state index in [-0.39, 0.29) is 0 Å². The molecule has 0 aromatic heterocycles. The fourth-order valence-electron chi connectivity index (χ4n) is 1.75. The van der Waals surface area contributed by atoms with E-state index in [1.54, 1.807) is 0 Å². The van der Waals surface area contributed by atoms with E-state index in [9.17, 15) is 9.59 Å². The third kappa shape index (κ3) is 9.88. The molecule has 16 heavy (non-hydrogen) atoms. The Labute approximate surface area is 99.8 Å². The monoisotopic (exact) mass is 226 g/mol. The Morgan fingerprint density at radius 1 is 0.625 bits per heavy atom. The highest BCUT2D eigenvalue weighted by Gasteiger charge is 2.03. The Kier molecular flexibility index (Phi) is 10.4. The fourth-order valence-corrected chi connectivity index (χ4v) is 1.75. The molecule has 0 aliphatic heterocycles. The van der Waals surface area contributed by atoms with Gasteiger partial charge in [0.25, 0.3) is 0 Å². The van der Waals surface area contributed by atoms with Gasteiger partial charge in [0.05, 0.1) is 0 Å². The second-order valence-electron chi connectivity index (χ2n) is 4.49. The molecule has 0 radical (unpaired) electrons. The van der Waals surface area contributed by atoms with Crippen molar-refractivity contribution < 1.29 is 9.59 Å². The Hall–Kier alpha value is -0.660. The molecule has 0 amide bonds. The van der Waals surface area contributed by atoms with Crippen molar-refractivity contribution in [2.75, 3.05) is 0 Å². The molecule has 0 saturated heterocycles. The topological polar surface area (TPSA) is 34.1 Å². The molecule has 0 rings (SSSR count). The third-order valence-corrected chi connectivity index (χ3v) is 2.75. The van der Waals surface area contributed by atoms with Crippen LogP contribution >= 0.6 is 0 Å². The van der Waals surface area contributed by atoms with Crippen LogP contribution in [-0.2, 0) is 9.59 Å². The van der Waals surface area contributed by atoms with Crippen molar-refractivity contribution in [2.24, 2.45) is 0 Å². The zero-order valence-electron chi connectivity index (χ0n) is 10.9. The number of Topliss-reactive ketones (excluding diaryl/α,β-unsaturated/α-hetero) is 2. The van der Waals surface area contributed by atoms with Crippen molar-refractivity contribution in [3.05, 3.63) is 0 Å². The van der Waals surface area contributed by atoms with Crippen LogP contribution in [0.2, 0.25) is 0 Å². The van der Waals surface area contributed by atoms with Crippen molar-refractivity contribution >= 4 is 11.6 Å². The van der Waals surface area contributed by atoms with Gasteiger partial charge in [-0.1, -0.05) is 26.7 Å². The zero-order chi connectivity index (χ0) is 12.2. The van der Waals surface area contributed by atoms with Gasteiger partial charge < -0.3 is 0 Å². The van der Waals surface area contributed by atoms with Gasteiger partial charge in [-0.2, -0.15) is 0 Å². The normalized spacial score (nSPS) is 10.4. The van der Waals surface area contributed by atoms with Crippen molar-refractivity contribution in [2.45, 2.75) is 78.1 Å². The minimum absolute atomic E-state index is 0.348. The number of rotatable bonds is 11. The van der Waals surface area contributed by atoms with Crippen LogP contribution in [0.4, 0.5) is 0 Å². The van der Waals surface area contributed by atoms with E-state index < -0.39 is 0 Å². The number of ketones is 2. The van der Waals surface area contributed by atoms with E-state index in [2.05, 4.69) is 6.92 Å². The Balaban J connectivity index is 3.30. The fraction of sp³-hybridized carbons (Fsp3) is 0.857. The first kappa shape index (κ1) is 15.3. The van der Waals surface area contributed by atoms with E-state index in [0.717, 1.165) is 38.5 Å². The summed E-state index contributed by atoms with van der Waals surface area (Å²) in [5.41, 5.74) is 0. The minimum Gasteiger partial charge on any atom is -0.300 e. The van der Waals surface area contributed by atoms with Gasteiger partial charge in [0.2, 0.25) is 0 Å². The summed E-state index contributed by atoms with van der Waals surface area (Å²) in [6.45, 7) is 4.17. The van der Waals surface area contributed by atoms with Gasteiger partial charge in [0, 0.05) is 25.7 Å². The largest absolute Gasteiger partial charge is 0.300 e. The maximum absolute atomic E-state index is 11.4. The highest BCUT2D eigenvalue weighted by molar-refractivity contribution is 5.79. The number of unbranched alkanes of at least 4 members (excludes halogenated alkanes) is 3. The molecule has 0 aliphatic rings. The molecule has 0 bridgehead atoms. The molecule has 2 heteroatoms. The molecular weight excluding hydrogens is 200 g/mol. The van der Waals surface area contributed by atoms with Gasteiger partial charge in [-0.15, -0.1) is 0 Å². The van der Waals surface area contributed by atoms with Gasteiger partial charge in [-0.3, -0.25) is 9.59 Å². The van der Waals surface area contributed by atoms with Gasteiger partial charge in [0.1, 0.15) is 11.6 Å². The lowest BCUT2D eigenvalue weighted by Gasteiger charge is -2.01. The maximum atomic E-state index is 11.4. The van der Waals surface area contributed by atoms with Crippen LogP contribution in [0.15, 0.2) is 0 Å². The molecule has 0 heterocycles. The number of hydrogen-bond donors (Lipinski definition) is 0. The summed E-state index contributed by atoms with van der Waals surface area (Å²) in [4.78, 5) is 22.6. The Morgan fingerprint density at radius 2 is 1.06 bits per heavy atom. The summed E-state index contributed by atoms with van der Waals surface area (Å²) in [7, 11) is 0. The number of hydrogen-bond acceptors (Lipinski definition) is 2. The van der Waals surface area contributed by atoms with Crippen LogP contribution in [0.25, 0.3) is 0 Å². The smallest absolute Gasteiger partial charge is 0.132 e. The molecule has 0 unspecified atom stereocenters. The van der Waals surface area contributed by atoms with Crippen LogP contribution in [0, 0.1) is 0 Å². The molecular formula is C14H26O2. The van der Waals surface area contributed by atoms with Gasteiger partial charge in [0.15, 0.2) is 0 Å². The minimum atomic E-state index is 0.348. The van der Waals surface area contributed by atoms with E-state index in [0.29, 0.717) is 30.8 Å². The van der Waals surface area contributed by atoms with E-state index in [1.807, 2.05) is 6.92 Å². The first-order valence-electron chi connectivity index (χ1n) is 6.74. The van der Waals surface area contributed by atoms with Crippen LogP contribution < -0.4 is 0 Å². The van der Waals surface area contributed by atoms with Crippen LogP contribution in [0.5, 0.6) is 0 Å². The van der Waals surface area contributed by atoms with E-state index in [1.165, 1.54) is 6.42 Å². The summed E-state index contributed by atoms with van der Waals surface area (Å²) in [6, 6.07) is 0. The number of carbonyl (C=O) groups excluding carboxylic acids is 2. The summed E-state index contributed by atoms with van der Waals surface area (Å²) in [5.74, 6) is 0.720. The lowest BCUT2D eigenvalue weighted by atomic mass is 10.0. The SMILES string of the molecule is CCCCCC(=O)CCCCC(=O)CCC. The van der Waals surface area contributed by atoms with Crippen molar-refractivity contribution in [1.29, 1.82) is 0 Å². The zero-order valence-corrected chi connectivity index (χ0v) is 10.9. The molecule has 0 aliphatic carbocycles. The van der Waals surface area contributed by atoms with Crippen LogP contribution in [-0.4, -0.2) is 11.6 Å². The van der Waals surface area contributed by atoms with Crippen molar-refractivity contribution in [3.63, 3.8) is 0 Å². The lowest BCUT2D eigenvalue weighted by molar-refractivity contribution is -0.121. The quantitative estimate of drug-likeness (QED) is 0.498. The summed E-state index contributed by atoms with van der Waals surface area (Å²) < 4.78 is 0. The predicted octanol–water partition coefficient (Wildman–Crippen LogP) is 4.07. The van der Waals surface area contributed by atoms with Gasteiger partial charge >= 0.3 is 0 Å². The van der Waals surface area contributed by atoms with Gasteiger partial charge in [-0.05, 0) is 25.7 Å². The standard InChI is InChI=1S/C14H26O2/c1-3-5-6-10-14(16)12-8-7-11-13(15)9-4-2/h3-12H2,1-2H3. The highest BCUT2D eigenvalue weighted by atomic mass is 16.1. The van der Waals surface area contributed by atoms with E-state index >= 15 is 0 Å². The van der Waals surface area contributed by atoms with Gasteiger partial charge in [-0.25, -0.2) is 0 Å². The molecule has 0 aromatic carbocycles. The van der Waals surface area contributed by atoms with Crippen LogP contribution in [0.1, 0.15) is 78.1 Å². The highest BCUT2D eigenvalue weighted by Crippen LogP contribution is 2.08. The average Bonchev–Trinajstić information content (AvgIpc) is 2.25. The van der Waals surface area contributed by atoms with Crippen LogP contribution in [0.3, 0.4) is 0 Å². The summed E-state index contributed by atoms with van der Waals surface area (Å²) in [6.07, 6.45) is 8.83. The molecule has 0 N–H and O–H groups in total. The Morgan fingerprint density at radius 3 is 1.50 bits per heavy atom. The third-order valence-electron chi connectivity index (χ3n) is 2.75. The van der Waals surface area contributed by atoms with E-state index in [4.69, 9.17) is 0 Å².